The average Bonchev–Trinajstić information content (AvgIpc) is 1.94. The number of aliphatic hydroxyl groups excluding tert-OH is 1. The molecule has 0 aliphatic carbocycles. The van der Waals surface area contributed by atoms with E-state index in [1.165, 1.54) is 0 Å². The summed E-state index contributed by atoms with van der Waals surface area (Å²) in [6, 6.07) is 0. The Hall–Kier alpha value is -0.0800. The fraction of sp³-hybridized carbons (Fsp3) is 1.00. The Balaban J connectivity index is 3.01. The van der Waals surface area contributed by atoms with Crippen LogP contribution in [0.5, 0.6) is 0 Å². The Bertz CT molecular complexity index is 94.5. The van der Waals surface area contributed by atoms with Crippen LogP contribution in [0.3, 0.4) is 0 Å². The van der Waals surface area contributed by atoms with Gasteiger partial charge in [0.25, 0.3) is 0 Å². The van der Waals surface area contributed by atoms with Gasteiger partial charge in [-0.05, 0) is 24.7 Å². The van der Waals surface area contributed by atoms with Gasteiger partial charge in [0.05, 0.1) is 6.61 Å². The monoisotopic (exact) mass is 174 g/mol. The van der Waals surface area contributed by atoms with Crippen molar-refractivity contribution in [3.63, 3.8) is 0 Å². The first-order valence-electron chi connectivity index (χ1n) is 4.75. The van der Waals surface area contributed by atoms with Crippen LogP contribution >= 0.6 is 0 Å². The summed E-state index contributed by atoms with van der Waals surface area (Å²) in [6.45, 7) is 8.46. The minimum atomic E-state index is 0.275. The fourth-order valence-electron chi connectivity index (χ4n) is 0.871. The topological polar surface area (TPSA) is 29.5 Å². The van der Waals surface area contributed by atoms with Crippen molar-refractivity contribution in [2.24, 2.45) is 5.41 Å². The van der Waals surface area contributed by atoms with Crippen molar-refractivity contribution in [2.75, 3.05) is 19.8 Å². The van der Waals surface area contributed by atoms with E-state index in [0.29, 0.717) is 6.61 Å². The molecule has 0 amide bonds. The van der Waals surface area contributed by atoms with Crippen LogP contribution in [-0.2, 0) is 4.74 Å². The van der Waals surface area contributed by atoms with E-state index < -0.39 is 0 Å². The molecular weight excluding hydrogens is 152 g/mol. The summed E-state index contributed by atoms with van der Waals surface area (Å²) in [5.41, 5.74) is 0.275. The van der Waals surface area contributed by atoms with Crippen LogP contribution in [0, 0.1) is 5.41 Å². The van der Waals surface area contributed by atoms with E-state index in [2.05, 4.69) is 20.8 Å². The SMILES string of the molecule is CC(C)(C)COCCCCCO. The van der Waals surface area contributed by atoms with E-state index in [1.807, 2.05) is 0 Å². The first-order chi connectivity index (χ1) is 5.56. The summed E-state index contributed by atoms with van der Waals surface area (Å²) in [5.74, 6) is 0. The zero-order valence-electron chi connectivity index (χ0n) is 8.60. The molecule has 0 aromatic carbocycles. The van der Waals surface area contributed by atoms with Crippen LogP contribution < -0.4 is 0 Å². The third-order valence-electron chi connectivity index (χ3n) is 1.48. The number of ether oxygens (including phenoxy) is 1. The van der Waals surface area contributed by atoms with Gasteiger partial charge in [-0.1, -0.05) is 20.8 Å². The highest BCUT2D eigenvalue weighted by molar-refractivity contribution is 4.58. The quantitative estimate of drug-likeness (QED) is 0.626. The van der Waals surface area contributed by atoms with Gasteiger partial charge in [-0.25, -0.2) is 0 Å². The van der Waals surface area contributed by atoms with Crippen molar-refractivity contribution < 1.29 is 9.84 Å². The normalized spacial score (nSPS) is 12.0. The Morgan fingerprint density at radius 3 is 2.25 bits per heavy atom. The van der Waals surface area contributed by atoms with Gasteiger partial charge in [0, 0.05) is 13.2 Å². The summed E-state index contributed by atoms with van der Waals surface area (Å²) >= 11 is 0. The maximum absolute atomic E-state index is 8.51. The highest BCUT2D eigenvalue weighted by atomic mass is 16.5. The largest absolute Gasteiger partial charge is 0.396 e. The molecule has 0 saturated carbocycles. The highest BCUT2D eigenvalue weighted by Gasteiger charge is 2.09. The molecule has 0 heterocycles. The van der Waals surface area contributed by atoms with Crippen molar-refractivity contribution in [2.45, 2.75) is 40.0 Å². The first kappa shape index (κ1) is 11.9. The molecule has 0 aliphatic rings. The van der Waals surface area contributed by atoms with E-state index in [9.17, 15) is 0 Å². The second-order valence-electron chi connectivity index (χ2n) is 4.40. The van der Waals surface area contributed by atoms with Crippen molar-refractivity contribution in [1.82, 2.24) is 0 Å². The lowest BCUT2D eigenvalue weighted by Crippen LogP contribution is -2.15. The smallest absolute Gasteiger partial charge is 0.0514 e. The van der Waals surface area contributed by atoms with Crippen LogP contribution in [-0.4, -0.2) is 24.9 Å². The molecular formula is C10H22O2. The molecule has 0 fully saturated rings. The van der Waals surface area contributed by atoms with Gasteiger partial charge in [-0.15, -0.1) is 0 Å². The molecule has 2 heteroatoms. The number of aliphatic hydroxyl groups is 1. The Morgan fingerprint density at radius 1 is 1.08 bits per heavy atom. The third kappa shape index (κ3) is 9.92. The predicted octanol–water partition coefficient (Wildman–Crippen LogP) is 2.21. The number of hydrogen-bond donors (Lipinski definition) is 1. The van der Waals surface area contributed by atoms with E-state index in [-0.39, 0.29) is 5.41 Å². The molecule has 0 bridgehead atoms. The van der Waals surface area contributed by atoms with Crippen LogP contribution in [0.2, 0.25) is 0 Å². The lowest BCUT2D eigenvalue weighted by Gasteiger charge is -2.17. The van der Waals surface area contributed by atoms with Crippen LogP contribution in [0.25, 0.3) is 0 Å². The average molecular weight is 174 g/mol. The standard InChI is InChI=1S/C10H22O2/c1-10(2,3)9-12-8-6-4-5-7-11/h11H,4-9H2,1-3H3. The molecule has 0 radical (unpaired) electrons. The van der Waals surface area contributed by atoms with Gasteiger partial charge in [0.15, 0.2) is 0 Å². The zero-order chi connectivity index (χ0) is 9.45. The van der Waals surface area contributed by atoms with Gasteiger partial charge in [-0.3, -0.25) is 0 Å². The highest BCUT2D eigenvalue weighted by Crippen LogP contribution is 2.12. The molecule has 0 saturated heterocycles. The number of hydrogen-bond acceptors (Lipinski definition) is 2. The minimum absolute atomic E-state index is 0.275. The third-order valence-corrected chi connectivity index (χ3v) is 1.48. The fourth-order valence-corrected chi connectivity index (χ4v) is 0.871. The lowest BCUT2D eigenvalue weighted by molar-refractivity contribution is 0.0680. The first-order valence-corrected chi connectivity index (χ1v) is 4.75. The van der Waals surface area contributed by atoms with E-state index >= 15 is 0 Å². The molecule has 12 heavy (non-hydrogen) atoms. The molecule has 0 rings (SSSR count). The van der Waals surface area contributed by atoms with Gasteiger partial charge >= 0.3 is 0 Å². The van der Waals surface area contributed by atoms with Gasteiger partial charge < -0.3 is 9.84 Å². The van der Waals surface area contributed by atoms with Crippen LogP contribution in [0.15, 0.2) is 0 Å². The van der Waals surface area contributed by atoms with Gasteiger partial charge in [0.1, 0.15) is 0 Å². The molecule has 0 unspecified atom stereocenters. The Kier molecular flexibility index (Phi) is 6.39. The predicted molar refractivity (Wildman–Crippen MR) is 51.2 cm³/mol. The Labute approximate surface area is 75.9 Å². The van der Waals surface area contributed by atoms with Crippen LogP contribution in [0.4, 0.5) is 0 Å². The molecule has 0 aliphatic heterocycles. The minimum Gasteiger partial charge on any atom is -0.396 e. The maximum atomic E-state index is 8.51. The maximum Gasteiger partial charge on any atom is 0.0514 e. The van der Waals surface area contributed by atoms with Crippen molar-refractivity contribution >= 4 is 0 Å². The summed E-state index contributed by atoms with van der Waals surface area (Å²) in [7, 11) is 0. The summed E-state index contributed by atoms with van der Waals surface area (Å²) in [6.07, 6.45) is 3.04. The lowest BCUT2D eigenvalue weighted by atomic mass is 9.99. The molecule has 0 aromatic heterocycles. The Morgan fingerprint density at radius 2 is 1.75 bits per heavy atom. The summed E-state index contributed by atoms with van der Waals surface area (Å²) in [5, 5.41) is 8.51. The van der Waals surface area contributed by atoms with Crippen molar-refractivity contribution in [1.29, 1.82) is 0 Å². The summed E-state index contributed by atoms with van der Waals surface area (Å²) in [4.78, 5) is 0. The molecule has 2 nitrogen and oxygen atoms in total. The zero-order valence-corrected chi connectivity index (χ0v) is 8.60. The van der Waals surface area contributed by atoms with Gasteiger partial charge in [0.2, 0.25) is 0 Å². The van der Waals surface area contributed by atoms with E-state index in [0.717, 1.165) is 32.5 Å². The summed E-state index contributed by atoms with van der Waals surface area (Å²) < 4.78 is 5.46. The number of rotatable bonds is 6. The molecule has 74 valence electrons. The molecule has 1 N–H and O–H groups in total. The second-order valence-corrected chi connectivity index (χ2v) is 4.40. The number of unbranched alkanes of at least 4 members (excludes halogenated alkanes) is 2. The van der Waals surface area contributed by atoms with Crippen molar-refractivity contribution in [3.8, 4) is 0 Å². The molecule has 0 aromatic rings. The second kappa shape index (κ2) is 6.44. The van der Waals surface area contributed by atoms with E-state index in [1.54, 1.807) is 0 Å². The van der Waals surface area contributed by atoms with E-state index in [4.69, 9.17) is 9.84 Å². The van der Waals surface area contributed by atoms with Gasteiger partial charge in [-0.2, -0.15) is 0 Å². The molecule has 0 spiro atoms. The van der Waals surface area contributed by atoms with Crippen molar-refractivity contribution in [3.05, 3.63) is 0 Å². The molecule has 0 atom stereocenters. The van der Waals surface area contributed by atoms with Crippen LogP contribution in [0.1, 0.15) is 40.0 Å².